The van der Waals surface area contributed by atoms with Crippen molar-refractivity contribution in [2.75, 3.05) is 11.5 Å². The predicted octanol–water partition coefficient (Wildman–Crippen LogP) is -0.993. The van der Waals surface area contributed by atoms with Gasteiger partial charge in [-0.25, -0.2) is 0 Å². The lowest BCUT2D eigenvalue weighted by Crippen LogP contribution is -2.32. The van der Waals surface area contributed by atoms with Gasteiger partial charge in [-0.3, -0.25) is 9.59 Å². The normalized spacial score (nSPS) is 12.4. The Labute approximate surface area is 74.5 Å². The van der Waals surface area contributed by atoms with Crippen molar-refractivity contribution in [3.63, 3.8) is 0 Å². The van der Waals surface area contributed by atoms with Gasteiger partial charge < -0.3 is 16.6 Å². The van der Waals surface area contributed by atoms with Crippen molar-refractivity contribution < 1.29 is 14.7 Å². The minimum absolute atomic E-state index is 0.261. The van der Waals surface area contributed by atoms with Crippen LogP contribution in [-0.2, 0) is 9.59 Å². The maximum absolute atomic E-state index is 10.2. The summed E-state index contributed by atoms with van der Waals surface area (Å²) >= 11 is 1.31. The Morgan fingerprint density at radius 2 is 2.08 bits per heavy atom. The number of thioether (sulfide) groups is 1. The van der Waals surface area contributed by atoms with E-state index in [4.69, 9.17) is 16.6 Å². The third-order valence-electron chi connectivity index (χ3n) is 1.11. The fourth-order valence-electron chi connectivity index (χ4n) is 0.454. The highest BCUT2D eigenvalue weighted by molar-refractivity contribution is 7.99. The van der Waals surface area contributed by atoms with E-state index in [9.17, 15) is 9.59 Å². The molecule has 70 valence electrons. The van der Waals surface area contributed by atoms with Crippen LogP contribution in [0.25, 0.3) is 0 Å². The first-order valence-electron chi connectivity index (χ1n) is 3.38. The van der Waals surface area contributed by atoms with Crippen LogP contribution in [0.5, 0.6) is 0 Å². The van der Waals surface area contributed by atoms with Gasteiger partial charge in [0.25, 0.3) is 0 Å². The smallest absolute Gasteiger partial charge is 0.321 e. The molecule has 5 N–H and O–H groups in total. The van der Waals surface area contributed by atoms with Gasteiger partial charge in [0.2, 0.25) is 5.91 Å². The molecular formula is C6H12N2O3S. The Hall–Kier alpha value is -0.750. The van der Waals surface area contributed by atoms with Gasteiger partial charge in [0.15, 0.2) is 0 Å². The monoisotopic (exact) mass is 192 g/mol. The standard InChI is InChI=1S/C6H12N2O3S/c7-4(6(10)11)3-12-2-1-5(8)9/h4H,1-3,7H2,(H2,8,9)(H,10,11)/t4-/m1/s1. The minimum Gasteiger partial charge on any atom is -0.480 e. The summed E-state index contributed by atoms with van der Waals surface area (Å²) in [7, 11) is 0. The summed E-state index contributed by atoms with van der Waals surface area (Å²) in [6.45, 7) is 0. The molecule has 0 rings (SSSR count). The highest BCUT2D eigenvalue weighted by Crippen LogP contribution is 2.03. The maximum atomic E-state index is 10.2. The van der Waals surface area contributed by atoms with Crippen LogP contribution in [0.1, 0.15) is 6.42 Å². The van der Waals surface area contributed by atoms with E-state index in [1.165, 1.54) is 11.8 Å². The summed E-state index contributed by atoms with van der Waals surface area (Å²) in [6, 6.07) is -0.858. The molecule has 0 saturated heterocycles. The number of hydrogen-bond donors (Lipinski definition) is 3. The molecule has 5 nitrogen and oxygen atoms in total. The molecule has 0 aromatic rings. The zero-order chi connectivity index (χ0) is 9.56. The molecule has 12 heavy (non-hydrogen) atoms. The van der Waals surface area contributed by atoms with Crippen LogP contribution >= 0.6 is 11.8 Å². The maximum Gasteiger partial charge on any atom is 0.321 e. The molecule has 0 unspecified atom stereocenters. The number of carbonyl (C=O) groups excluding carboxylic acids is 1. The van der Waals surface area contributed by atoms with Gasteiger partial charge in [0, 0.05) is 17.9 Å². The van der Waals surface area contributed by atoms with Gasteiger partial charge in [0.05, 0.1) is 0 Å². The molecule has 1 amide bonds. The molecule has 0 aliphatic carbocycles. The Morgan fingerprint density at radius 3 is 2.50 bits per heavy atom. The van der Waals surface area contributed by atoms with E-state index >= 15 is 0 Å². The topological polar surface area (TPSA) is 106 Å². The number of carbonyl (C=O) groups is 2. The van der Waals surface area contributed by atoms with Crippen LogP contribution in [-0.4, -0.2) is 34.5 Å². The van der Waals surface area contributed by atoms with E-state index in [0.29, 0.717) is 11.5 Å². The summed E-state index contributed by atoms with van der Waals surface area (Å²) in [5.41, 5.74) is 10.1. The van der Waals surface area contributed by atoms with Crippen molar-refractivity contribution in [2.24, 2.45) is 11.5 Å². The minimum atomic E-state index is -1.03. The third-order valence-corrected chi connectivity index (χ3v) is 2.20. The van der Waals surface area contributed by atoms with Crippen molar-refractivity contribution in [1.29, 1.82) is 0 Å². The van der Waals surface area contributed by atoms with Crippen molar-refractivity contribution in [2.45, 2.75) is 12.5 Å². The molecule has 0 bridgehead atoms. The summed E-state index contributed by atoms with van der Waals surface area (Å²) in [4.78, 5) is 20.4. The first kappa shape index (κ1) is 11.2. The lowest BCUT2D eigenvalue weighted by atomic mass is 10.4. The number of aliphatic carboxylic acids is 1. The highest BCUT2D eigenvalue weighted by atomic mass is 32.2. The van der Waals surface area contributed by atoms with Gasteiger partial charge in [0.1, 0.15) is 6.04 Å². The fourth-order valence-corrected chi connectivity index (χ4v) is 1.36. The van der Waals surface area contributed by atoms with E-state index in [1.54, 1.807) is 0 Å². The number of rotatable bonds is 6. The number of hydrogen-bond acceptors (Lipinski definition) is 4. The van der Waals surface area contributed by atoms with Gasteiger partial charge in [-0.2, -0.15) is 11.8 Å². The van der Waals surface area contributed by atoms with Crippen LogP contribution in [0, 0.1) is 0 Å². The molecule has 0 aromatic heterocycles. The average Bonchev–Trinajstić information content (AvgIpc) is 1.97. The van der Waals surface area contributed by atoms with E-state index in [0.717, 1.165) is 0 Å². The average molecular weight is 192 g/mol. The third kappa shape index (κ3) is 5.99. The second-order valence-electron chi connectivity index (χ2n) is 2.24. The van der Waals surface area contributed by atoms with Crippen LogP contribution < -0.4 is 11.5 Å². The zero-order valence-electron chi connectivity index (χ0n) is 6.53. The van der Waals surface area contributed by atoms with E-state index in [2.05, 4.69) is 0 Å². The van der Waals surface area contributed by atoms with Crippen LogP contribution in [0.4, 0.5) is 0 Å². The summed E-state index contributed by atoms with van der Waals surface area (Å²) in [5.74, 6) is -0.577. The van der Waals surface area contributed by atoms with Gasteiger partial charge in [-0.05, 0) is 0 Å². The molecule has 0 saturated carbocycles. The number of amides is 1. The van der Waals surface area contributed by atoms with Gasteiger partial charge in [-0.1, -0.05) is 0 Å². The number of nitrogens with two attached hydrogens (primary N) is 2. The molecule has 0 fully saturated rings. The quantitative estimate of drug-likeness (QED) is 0.468. The summed E-state index contributed by atoms with van der Waals surface area (Å²) in [5, 5.41) is 8.36. The Bertz CT molecular complexity index is 174. The first-order valence-corrected chi connectivity index (χ1v) is 4.54. The molecule has 1 atom stereocenters. The second kappa shape index (κ2) is 5.84. The zero-order valence-corrected chi connectivity index (χ0v) is 7.34. The molecular weight excluding hydrogens is 180 g/mol. The first-order chi connectivity index (χ1) is 5.54. The Kier molecular flexibility index (Phi) is 5.48. The molecule has 0 heterocycles. The lowest BCUT2D eigenvalue weighted by Gasteiger charge is -2.04. The molecule has 0 radical (unpaired) electrons. The predicted molar refractivity (Wildman–Crippen MR) is 46.7 cm³/mol. The summed E-state index contributed by atoms with van der Waals surface area (Å²) in [6.07, 6.45) is 0.261. The number of carboxylic acid groups (broad SMARTS) is 1. The van der Waals surface area contributed by atoms with Crippen LogP contribution in [0.2, 0.25) is 0 Å². The lowest BCUT2D eigenvalue weighted by molar-refractivity contribution is -0.137. The second-order valence-corrected chi connectivity index (χ2v) is 3.39. The molecule has 0 spiro atoms. The van der Waals surface area contributed by atoms with E-state index in [-0.39, 0.29) is 12.3 Å². The SMILES string of the molecule is NC(=O)CCSC[C@@H](N)C(=O)O. The molecule has 0 aromatic carbocycles. The van der Waals surface area contributed by atoms with Crippen LogP contribution in [0.3, 0.4) is 0 Å². The van der Waals surface area contributed by atoms with Crippen LogP contribution in [0.15, 0.2) is 0 Å². The summed E-state index contributed by atoms with van der Waals surface area (Å²) < 4.78 is 0. The van der Waals surface area contributed by atoms with Crippen molar-refractivity contribution >= 4 is 23.6 Å². The number of primary amides is 1. The largest absolute Gasteiger partial charge is 0.480 e. The van der Waals surface area contributed by atoms with Gasteiger partial charge in [-0.15, -0.1) is 0 Å². The Morgan fingerprint density at radius 1 is 1.50 bits per heavy atom. The van der Waals surface area contributed by atoms with Crippen molar-refractivity contribution in [1.82, 2.24) is 0 Å². The van der Waals surface area contributed by atoms with E-state index in [1.807, 2.05) is 0 Å². The molecule has 0 aliphatic heterocycles. The number of carboxylic acids is 1. The molecule has 0 aliphatic rings. The fraction of sp³-hybridized carbons (Fsp3) is 0.667. The van der Waals surface area contributed by atoms with Gasteiger partial charge >= 0.3 is 5.97 Å². The van der Waals surface area contributed by atoms with E-state index < -0.39 is 12.0 Å². The van der Waals surface area contributed by atoms with Crippen molar-refractivity contribution in [3.8, 4) is 0 Å². The van der Waals surface area contributed by atoms with Crippen molar-refractivity contribution in [3.05, 3.63) is 0 Å². The Balaban J connectivity index is 3.31. The molecule has 6 heteroatoms. The highest BCUT2D eigenvalue weighted by Gasteiger charge is 2.10.